The summed E-state index contributed by atoms with van der Waals surface area (Å²) >= 11 is 0. The molecular formula is C29H54O4. The fourth-order valence-electron chi connectivity index (χ4n) is 5.39. The number of carbonyl (C=O) groups excluding carboxylic acids is 1. The fourth-order valence-corrected chi connectivity index (χ4v) is 5.39. The Morgan fingerprint density at radius 3 is 1.85 bits per heavy atom. The third kappa shape index (κ3) is 13.4. The number of carbonyl (C=O) groups is 2. The summed E-state index contributed by atoms with van der Waals surface area (Å²) in [4.78, 5) is 24.4. The van der Waals surface area contributed by atoms with Crippen LogP contribution in [0.1, 0.15) is 149 Å². The second-order valence-corrected chi connectivity index (χ2v) is 10.5. The zero-order valence-corrected chi connectivity index (χ0v) is 22.1. The van der Waals surface area contributed by atoms with Crippen molar-refractivity contribution in [3.05, 3.63) is 0 Å². The van der Waals surface area contributed by atoms with Crippen LogP contribution in [0.3, 0.4) is 0 Å². The number of unbranched alkanes of at least 4 members (excludes halogenated alkanes) is 11. The average molecular weight is 467 g/mol. The van der Waals surface area contributed by atoms with Crippen molar-refractivity contribution in [1.29, 1.82) is 0 Å². The van der Waals surface area contributed by atoms with Gasteiger partial charge in [0, 0.05) is 0 Å². The molecular weight excluding hydrogens is 412 g/mol. The number of aliphatic carboxylic acids is 1. The molecule has 0 spiro atoms. The SMILES string of the molecule is CCCCCCCCCCCCCC(OC(=O)C1CCCC(C(=O)O)C1)C(CC)CCCC. The summed E-state index contributed by atoms with van der Waals surface area (Å²) in [6.45, 7) is 6.69. The van der Waals surface area contributed by atoms with Gasteiger partial charge in [-0.05, 0) is 50.9 Å². The third-order valence-electron chi connectivity index (χ3n) is 7.70. The van der Waals surface area contributed by atoms with E-state index in [1.165, 1.54) is 77.0 Å². The van der Waals surface area contributed by atoms with Crippen LogP contribution < -0.4 is 0 Å². The molecule has 1 saturated carbocycles. The molecule has 4 nitrogen and oxygen atoms in total. The first-order chi connectivity index (χ1) is 16.0. The molecule has 1 aliphatic carbocycles. The molecule has 0 saturated heterocycles. The summed E-state index contributed by atoms with van der Waals surface area (Å²) in [5.41, 5.74) is 0. The molecule has 0 aromatic heterocycles. The molecule has 0 aromatic carbocycles. The summed E-state index contributed by atoms with van der Waals surface area (Å²) in [6.07, 6.45) is 22.7. The molecule has 0 aliphatic heterocycles. The van der Waals surface area contributed by atoms with Gasteiger partial charge in [0.1, 0.15) is 6.10 Å². The first-order valence-corrected chi connectivity index (χ1v) is 14.5. The Kier molecular flexibility index (Phi) is 17.5. The molecule has 4 unspecified atom stereocenters. The molecule has 1 N–H and O–H groups in total. The monoisotopic (exact) mass is 466 g/mol. The van der Waals surface area contributed by atoms with Crippen molar-refractivity contribution in [1.82, 2.24) is 0 Å². The highest BCUT2D eigenvalue weighted by Gasteiger charge is 2.34. The molecule has 4 atom stereocenters. The van der Waals surface area contributed by atoms with Crippen LogP contribution in [0.5, 0.6) is 0 Å². The fraction of sp³-hybridized carbons (Fsp3) is 0.931. The maximum absolute atomic E-state index is 13.0. The van der Waals surface area contributed by atoms with Crippen molar-refractivity contribution >= 4 is 11.9 Å². The Morgan fingerprint density at radius 2 is 1.30 bits per heavy atom. The zero-order valence-electron chi connectivity index (χ0n) is 22.1. The molecule has 1 rings (SSSR count). The number of rotatable bonds is 20. The third-order valence-corrected chi connectivity index (χ3v) is 7.70. The number of carboxylic acid groups (broad SMARTS) is 1. The molecule has 33 heavy (non-hydrogen) atoms. The van der Waals surface area contributed by atoms with Gasteiger partial charge >= 0.3 is 11.9 Å². The maximum Gasteiger partial charge on any atom is 0.309 e. The smallest absolute Gasteiger partial charge is 0.309 e. The number of carboxylic acids is 1. The Labute approximate surface area is 204 Å². The average Bonchev–Trinajstić information content (AvgIpc) is 2.82. The topological polar surface area (TPSA) is 63.6 Å². The summed E-state index contributed by atoms with van der Waals surface area (Å²) in [5, 5.41) is 9.36. The van der Waals surface area contributed by atoms with Crippen molar-refractivity contribution in [2.45, 2.75) is 155 Å². The minimum atomic E-state index is -0.764. The summed E-state index contributed by atoms with van der Waals surface area (Å²) in [7, 11) is 0. The summed E-state index contributed by atoms with van der Waals surface area (Å²) in [6, 6.07) is 0. The van der Waals surface area contributed by atoms with Crippen molar-refractivity contribution in [2.24, 2.45) is 17.8 Å². The van der Waals surface area contributed by atoms with Gasteiger partial charge in [-0.3, -0.25) is 9.59 Å². The van der Waals surface area contributed by atoms with Crippen molar-refractivity contribution < 1.29 is 19.4 Å². The van der Waals surface area contributed by atoms with Crippen LogP contribution in [0.25, 0.3) is 0 Å². The lowest BCUT2D eigenvalue weighted by atomic mass is 9.81. The van der Waals surface area contributed by atoms with E-state index in [-0.39, 0.29) is 23.9 Å². The molecule has 0 radical (unpaired) electrons. The second-order valence-electron chi connectivity index (χ2n) is 10.5. The van der Waals surface area contributed by atoms with Crippen molar-refractivity contribution in [2.75, 3.05) is 0 Å². The molecule has 1 aliphatic rings. The van der Waals surface area contributed by atoms with Crippen LogP contribution in [-0.4, -0.2) is 23.1 Å². The Hall–Kier alpha value is -1.06. The number of hydrogen-bond donors (Lipinski definition) is 1. The van der Waals surface area contributed by atoms with Crippen LogP contribution in [-0.2, 0) is 14.3 Å². The van der Waals surface area contributed by atoms with E-state index in [9.17, 15) is 14.7 Å². The van der Waals surface area contributed by atoms with Crippen LogP contribution in [0.4, 0.5) is 0 Å². The van der Waals surface area contributed by atoms with Crippen molar-refractivity contribution in [3.8, 4) is 0 Å². The largest absolute Gasteiger partial charge is 0.481 e. The van der Waals surface area contributed by atoms with Gasteiger partial charge in [-0.15, -0.1) is 0 Å². The Balaban J connectivity index is 2.41. The molecule has 194 valence electrons. The van der Waals surface area contributed by atoms with Crippen LogP contribution in [0.15, 0.2) is 0 Å². The van der Waals surface area contributed by atoms with Crippen molar-refractivity contribution in [3.63, 3.8) is 0 Å². The van der Waals surface area contributed by atoms with E-state index >= 15 is 0 Å². The number of esters is 1. The van der Waals surface area contributed by atoms with E-state index in [1.54, 1.807) is 0 Å². The second kappa shape index (κ2) is 19.3. The van der Waals surface area contributed by atoms with Crippen LogP contribution >= 0.6 is 0 Å². The van der Waals surface area contributed by atoms with E-state index < -0.39 is 5.97 Å². The minimum Gasteiger partial charge on any atom is -0.481 e. The molecule has 0 aromatic rings. The van der Waals surface area contributed by atoms with Gasteiger partial charge < -0.3 is 9.84 Å². The predicted octanol–water partition coefficient (Wildman–Crippen LogP) is 8.71. The van der Waals surface area contributed by atoms with Crippen LogP contribution in [0, 0.1) is 17.8 Å². The van der Waals surface area contributed by atoms with Gasteiger partial charge in [0.15, 0.2) is 0 Å². The summed E-state index contributed by atoms with van der Waals surface area (Å²) in [5.74, 6) is -1.09. The maximum atomic E-state index is 13.0. The normalized spacial score (nSPS) is 20.3. The Bertz CT molecular complexity index is 504. The van der Waals surface area contributed by atoms with Gasteiger partial charge in [0.05, 0.1) is 11.8 Å². The van der Waals surface area contributed by atoms with Crippen LogP contribution in [0.2, 0.25) is 0 Å². The lowest BCUT2D eigenvalue weighted by molar-refractivity contribution is -0.160. The van der Waals surface area contributed by atoms with Gasteiger partial charge in [-0.1, -0.05) is 104 Å². The first-order valence-electron chi connectivity index (χ1n) is 14.5. The van der Waals surface area contributed by atoms with E-state index in [0.717, 1.165) is 38.5 Å². The standard InChI is InChI=1S/C29H54O4/c1-4-7-9-10-11-12-13-14-15-16-17-22-27(24(6-3)19-8-5-2)33-29(32)26-21-18-20-25(23-26)28(30)31/h24-27H,4-23H2,1-3H3,(H,30,31). The highest BCUT2D eigenvalue weighted by atomic mass is 16.5. The van der Waals surface area contributed by atoms with E-state index in [4.69, 9.17) is 4.74 Å². The lowest BCUT2D eigenvalue weighted by Crippen LogP contribution is -2.33. The van der Waals surface area contributed by atoms with E-state index in [1.807, 2.05) is 0 Å². The predicted molar refractivity (Wildman–Crippen MR) is 137 cm³/mol. The highest BCUT2D eigenvalue weighted by Crippen LogP contribution is 2.32. The molecule has 0 heterocycles. The Morgan fingerprint density at radius 1 is 0.758 bits per heavy atom. The lowest BCUT2D eigenvalue weighted by Gasteiger charge is -2.30. The highest BCUT2D eigenvalue weighted by molar-refractivity contribution is 5.75. The first kappa shape index (κ1) is 30.0. The molecule has 4 heteroatoms. The number of hydrogen-bond acceptors (Lipinski definition) is 3. The van der Waals surface area contributed by atoms with Gasteiger partial charge in [0.2, 0.25) is 0 Å². The summed E-state index contributed by atoms with van der Waals surface area (Å²) < 4.78 is 6.13. The van der Waals surface area contributed by atoms with Gasteiger partial charge in [0.25, 0.3) is 0 Å². The van der Waals surface area contributed by atoms with E-state index in [0.29, 0.717) is 18.8 Å². The molecule has 1 fully saturated rings. The van der Waals surface area contributed by atoms with E-state index in [2.05, 4.69) is 20.8 Å². The van der Waals surface area contributed by atoms with Gasteiger partial charge in [-0.2, -0.15) is 0 Å². The molecule has 0 bridgehead atoms. The molecule has 0 amide bonds. The number of ether oxygens (including phenoxy) is 1. The zero-order chi connectivity index (χ0) is 24.3. The van der Waals surface area contributed by atoms with Gasteiger partial charge in [-0.25, -0.2) is 0 Å². The minimum absolute atomic E-state index is 0.00202. The quantitative estimate of drug-likeness (QED) is 0.144.